The Morgan fingerprint density at radius 3 is 2.29 bits per heavy atom. The average molecular weight is 223 g/mol. The molecular weight excluding hydrogens is 202 g/mol. The van der Waals surface area contributed by atoms with E-state index in [2.05, 4.69) is 26.1 Å². The monoisotopic (exact) mass is 222 g/mol. The maximum absolute atomic E-state index is 11.2. The SMILES string of the molecule is CC(C)C(C)CNC(=O)OC(C)(C)[ClH+]. The number of carbonyl (C=O) groups excluding carboxylic acids is 1. The molecule has 0 aromatic heterocycles. The van der Waals surface area contributed by atoms with Gasteiger partial charge >= 0.3 is 11.2 Å². The fraction of sp³-hybridized carbons (Fsp3) is 0.900. The first-order chi connectivity index (χ1) is 6.22. The Kier molecular flexibility index (Phi) is 5.27. The minimum atomic E-state index is -0.828. The highest BCUT2D eigenvalue weighted by molar-refractivity contribution is 5.67. The van der Waals surface area contributed by atoms with Gasteiger partial charge in [-0.2, -0.15) is 0 Å². The van der Waals surface area contributed by atoms with Crippen LogP contribution in [0.4, 0.5) is 4.79 Å². The molecule has 0 saturated carbocycles. The largest absolute Gasteiger partial charge is 0.411 e. The molecule has 0 aromatic carbocycles. The van der Waals surface area contributed by atoms with Crippen LogP contribution < -0.4 is 5.32 Å². The van der Waals surface area contributed by atoms with Gasteiger partial charge in [0.05, 0.1) is 0 Å². The third-order valence-electron chi connectivity index (χ3n) is 2.04. The number of carbonyl (C=O) groups is 1. The number of hydrogen-bond acceptors (Lipinski definition) is 2. The van der Waals surface area contributed by atoms with Crippen molar-refractivity contribution in [2.75, 3.05) is 6.54 Å². The maximum atomic E-state index is 11.2. The summed E-state index contributed by atoms with van der Waals surface area (Å²) in [4.78, 5) is 11.2. The van der Waals surface area contributed by atoms with Crippen LogP contribution in [0, 0.1) is 23.4 Å². The van der Waals surface area contributed by atoms with Crippen LogP contribution in [0.15, 0.2) is 0 Å². The summed E-state index contributed by atoms with van der Waals surface area (Å²) >= 11 is 4.91. The Hall–Kier alpha value is -0.440. The highest BCUT2D eigenvalue weighted by Crippen LogP contribution is 2.09. The van der Waals surface area contributed by atoms with Crippen molar-refractivity contribution in [3.05, 3.63) is 0 Å². The van der Waals surface area contributed by atoms with Crippen LogP contribution in [0.1, 0.15) is 34.6 Å². The predicted molar refractivity (Wildman–Crippen MR) is 54.0 cm³/mol. The third-order valence-corrected chi connectivity index (χ3v) is 2.13. The number of halogens is 1. The Morgan fingerprint density at radius 1 is 1.43 bits per heavy atom. The molecule has 0 fully saturated rings. The Bertz CT molecular complexity index is 187. The van der Waals surface area contributed by atoms with Crippen LogP contribution in [-0.2, 0) is 4.74 Å². The molecule has 1 atom stereocenters. The summed E-state index contributed by atoms with van der Waals surface area (Å²) in [7, 11) is 0. The van der Waals surface area contributed by atoms with E-state index in [1.54, 1.807) is 13.8 Å². The van der Waals surface area contributed by atoms with Crippen molar-refractivity contribution in [2.45, 2.75) is 39.7 Å². The van der Waals surface area contributed by atoms with E-state index in [0.29, 0.717) is 18.4 Å². The van der Waals surface area contributed by atoms with Crippen molar-refractivity contribution < 1.29 is 21.1 Å². The Balaban J connectivity index is 3.75. The fourth-order valence-electron chi connectivity index (χ4n) is 0.739. The van der Waals surface area contributed by atoms with E-state index >= 15 is 0 Å². The van der Waals surface area contributed by atoms with Crippen molar-refractivity contribution in [2.24, 2.45) is 11.8 Å². The first-order valence-electron chi connectivity index (χ1n) is 4.89. The fourth-order valence-corrected chi connectivity index (χ4v) is 0.815. The summed E-state index contributed by atoms with van der Waals surface area (Å²) in [6.45, 7) is 10.3. The summed E-state index contributed by atoms with van der Waals surface area (Å²) < 4.78 is 4.93. The topological polar surface area (TPSA) is 38.3 Å². The van der Waals surface area contributed by atoms with Crippen LogP contribution in [-0.4, -0.2) is 17.7 Å². The number of alkyl halides is 1. The van der Waals surface area contributed by atoms with Crippen molar-refractivity contribution in [1.82, 2.24) is 5.32 Å². The zero-order valence-electron chi connectivity index (χ0n) is 9.59. The first-order valence-corrected chi connectivity index (χ1v) is 5.30. The van der Waals surface area contributed by atoms with Crippen molar-refractivity contribution in [3.8, 4) is 0 Å². The second-order valence-corrected chi connectivity index (χ2v) is 5.37. The van der Waals surface area contributed by atoms with E-state index in [4.69, 9.17) is 16.3 Å². The van der Waals surface area contributed by atoms with Gasteiger partial charge in [0.15, 0.2) is 11.6 Å². The molecule has 0 radical (unpaired) electrons. The van der Waals surface area contributed by atoms with Crippen molar-refractivity contribution >= 4 is 6.09 Å². The van der Waals surface area contributed by atoms with Gasteiger partial charge in [0.2, 0.25) is 0 Å². The molecule has 0 rings (SSSR count). The molecule has 3 nitrogen and oxygen atoms in total. The highest BCUT2D eigenvalue weighted by Gasteiger charge is 2.27. The van der Waals surface area contributed by atoms with E-state index in [1.807, 2.05) is 0 Å². The molecule has 1 amide bonds. The second kappa shape index (κ2) is 5.44. The van der Waals surface area contributed by atoms with Gasteiger partial charge in [-0.3, -0.25) is 0 Å². The number of alkyl carbamates (subject to hydrolysis) is 1. The van der Waals surface area contributed by atoms with E-state index in [-0.39, 0.29) is 0 Å². The molecular formula is C10H21ClNO2+. The van der Waals surface area contributed by atoms with Crippen molar-refractivity contribution in [3.63, 3.8) is 0 Å². The van der Waals surface area contributed by atoms with Crippen LogP contribution in [0.5, 0.6) is 0 Å². The molecule has 0 bridgehead atoms. The van der Waals surface area contributed by atoms with Gasteiger partial charge in [0.25, 0.3) is 0 Å². The Morgan fingerprint density at radius 2 is 1.93 bits per heavy atom. The predicted octanol–water partition coefficient (Wildman–Crippen LogP) is 2.02. The second-order valence-electron chi connectivity index (χ2n) is 4.39. The standard InChI is InChI=1S/C10H20ClNO2/c1-7(2)8(3)6-12-9(13)14-10(4,5)11/h7-8,11H,6H2,1-5H3/p+1. The van der Waals surface area contributed by atoms with Gasteiger partial charge in [-0.25, -0.2) is 4.79 Å². The lowest BCUT2D eigenvalue weighted by atomic mass is 9.98. The molecule has 0 aliphatic carbocycles. The van der Waals surface area contributed by atoms with Gasteiger partial charge in [-0.1, -0.05) is 20.8 Å². The summed E-state index contributed by atoms with van der Waals surface area (Å²) in [5.74, 6) is 0.989. The molecule has 4 heteroatoms. The Labute approximate surface area is 91.2 Å². The number of rotatable bonds is 4. The van der Waals surface area contributed by atoms with Gasteiger partial charge in [0, 0.05) is 20.4 Å². The van der Waals surface area contributed by atoms with E-state index in [0.717, 1.165) is 0 Å². The van der Waals surface area contributed by atoms with Crippen LogP contribution >= 0.6 is 0 Å². The van der Waals surface area contributed by atoms with Crippen LogP contribution in [0.3, 0.4) is 0 Å². The average Bonchev–Trinajstić information content (AvgIpc) is 1.96. The molecule has 14 heavy (non-hydrogen) atoms. The van der Waals surface area contributed by atoms with E-state index in [1.165, 1.54) is 0 Å². The minimum Gasteiger partial charge on any atom is -0.389 e. The van der Waals surface area contributed by atoms with E-state index in [9.17, 15) is 4.79 Å². The zero-order chi connectivity index (χ0) is 11.4. The molecule has 0 aliphatic rings. The lowest BCUT2D eigenvalue weighted by Crippen LogP contribution is -2.36. The molecule has 0 aliphatic heterocycles. The molecule has 0 aromatic rings. The zero-order valence-corrected chi connectivity index (χ0v) is 10.4. The molecule has 1 unspecified atom stereocenters. The maximum Gasteiger partial charge on any atom is 0.411 e. The van der Waals surface area contributed by atoms with Gasteiger partial charge in [0.1, 0.15) is 0 Å². The highest BCUT2D eigenvalue weighted by atomic mass is 35.5. The lowest BCUT2D eigenvalue weighted by Gasteiger charge is -2.17. The van der Waals surface area contributed by atoms with Crippen molar-refractivity contribution in [1.29, 1.82) is 0 Å². The smallest absolute Gasteiger partial charge is 0.389 e. The normalized spacial score (nSPS) is 13.9. The van der Waals surface area contributed by atoms with E-state index < -0.39 is 11.2 Å². The molecule has 0 heterocycles. The molecule has 1 N–H and O–H groups in total. The molecule has 84 valence electrons. The quantitative estimate of drug-likeness (QED) is 0.740. The number of amides is 1. The lowest BCUT2D eigenvalue weighted by molar-refractivity contribution is -0.529. The van der Waals surface area contributed by atoms with Crippen LogP contribution in [0.25, 0.3) is 0 Å². The minimum absolute atomic E-state index is 0.433. The van der Waals surface area contributed by atoms with Gasteiger partial charge in [-0.15, -0.1) is 0 Å². The first kappa shape index (κ1) is 13.6. The number of hydrogen-bond donors (Lipinski definition) is 1. The summed E-state index contributed by atoms with van der Waals surface area (Å²) in [6, 6.07) is 0. The number of ether oxygens (including phenoxy) is 1. The summed E-state index contributed by atoms with van der Waals surface area (Å²) in [6.07, 6.45) is -0.433. The van der Waals surface area contributed by atoms with Gasteiger partial charge < -0.3 is 10.1 Å². The molecule has 0 saturated heterocycles. The summed E-state index contributed by atoms with van der Waals surface area (Å²) in [5, 5.41) is 1.86. The third kappa shape index (κ3) is 7.01. The van der Waals surface area contributed by atoms with Crippen LogP contribution in [0.2, 0.25) is 0 Å². The molecule has 0 spiro atoms. The summed E-state index contributed by atoms with van der Waals surface area (Å²) in [5.41, 5.74) is 0. The van der Waals surface area contributed by atoms with Gasteiger partial charge in [-0.05, 0) is 11.8 Å². The number of nitrogens with one attached hydrogen (secondary N) is 1.